The molecule has 0 aliphatic carbocycles. The second-order valence-corrected chi connectivity index (χ2v) is 5.84. The standard InChI is InChI=1S/C17H17FN4O2/c1-11(2)20-17(23)22(10-4-9-19-22)16-12(3)24-21-15(16)13-5-7-14(18)8-6-13/h4-11H,1-3H3/p+1. The summed E-state index contributed by atoms with van der Waals surface area (Å²) in [5.74, 6) is 0.123. The Morgan fingerprint density at radius 2 is 2.00 bits per heavy atom. The number of nitrogens with zero attached hydrogens (tertiary/aromatic N) is 3. The number of nitrogens with one attached hydrogen (secondary N) is 1. The van der Waals surface area contributed by atoms with Crippen molar-refractivity contribution in [2.24, 2.45) is 5.10 Å². The van der Waals surface area contributed by atoms with Crippen LogP contribution in [0.4, 0.5) is 14.9 Å². The van der Waals surface area contributed by atoms with Crippen LogP contribution in [0.1, 0.15) is 19.6 Å². The number of urea groups is 1. The molecule has 1 unspecified atom stereocenters. The lowest BCUT2D eigenvalue weighted by molar-refractivity contribution is 0.214. The summed E-state index contributed by atoms with van der Waals surface area (Å²) in [4.78, 5) is 12.8. The van der Waals surface area contributed by atoms with Gasteiger partial charge in [0.05, 0.1) is 6.21 Å². The number of hydrogen-bond donors (Lipinski definition) is 1. The Kier molecular flexibility index (Phi) is 4.02. The normalized spacial score (nSPS) is 19.2. The van der Waals surface area contributed by atoms with Crippen LogP contribution < -0.4 is 9.91 Å². The molecule has 6 nitrogen and oxygen atoms in total. The molecule has 0 spiro atoms. The van der Waals surface area contributed by atoms with Crippen LogP contribution in [0.15, 0.2) is 46.2 Å². The van der Waals surface area contributed by atoms with Gasteiger partial charge in [-0.2, -0.15) is 0 Å². The lowest BCUT2D eigenvalue weighted by atomic mass is 10.1. The Morgan fingerprint density at radius 3 is 2.58 bits per heavy atom. The number of rotatable bonds is 3. The predicted molar refractivity (Wildman–Crippen MR) is 89.7 cm³/mol. The fraction of sp³-hybridized carbons (Fsp3) is 0.235. The van der Waals surface area contributed by atoms with E-state index in [-0.39, 0.29) is 17.9 Å². The number of benzene rings is 1. The van der Waals surface area contributed by atoms with Crippen molar-refractivity contribution in [3.63, 3.8) is 0 Å². The van der Waals surface area contributed by atoms with Crippen molar-refractivity contribution in [3.8, 4) is 11.3 Å². The molecule has 0 radical (unpaired) electrons. The Morgan fingerprint density at radius 1 is 1.29 bits per heavy atom. The van der Waals surface area contributed by atoms with Gasteiger partial charge in [0.1, 0.15) is 12.0 Å². The van der Waals surface area contributed by atoms with Gasteiger partial charge in [0.25, 0.3) is 0 Å². The van der Waals surface area contributed by atoms with Gasteiger partial charge < -0.3 is 9.84 Å². The molecule has 124 valence electrons. The molecule has 1 aliphatic heterocycles. The highest BCUT2D eigenvalue weighted by Crippen LogP contribution is 2.39. The second-order valence-electron chi connectivity index (χ2n) is 5.84. The number of aryl methyl sites for hydroxylation is 1. The maximum atomic E-state index is 13.2. The summed E-state index contributed by atoms with van der Waals surface area (Å²) in [6, 6.07) is 5.50. The number of quaternary nitrogens is 1. The molecule has 1 aliphatic rings. The molecule has 1 aromatic carbocycles. The Bertz CT molecular complexity index is 810. The third-order valence-electron chi connectivity index (χ3n) is 3.65. The molecule has 0 saturated carbocycles. The molecule has 24 heavy (non-hydrogen) atoms. The van der Waals surface area contributed by atoms with E-state index in [2.05, 4.69) is 15.6 Å². The lowest BCUT2D eigenvalue weighted by Gasteiger charge is -2.23. The van der Waals surface area contributed by atoms with E-state index in [1.165, 1.54) is 12.1 Å². The molecule has 0 bridgehead atoms. The van der Waals surface area contributed by atoms with Crippen LogP contribution in [0.5, 0.6) is 0 Å². The summed E-state index contributed by atoms with van der Waals surface area (Å²) < 4.78 is 18.1. The number of carbonyl (C=O) groups excluding carboxylic acids is 1. The Balaban J connectivity index is 2.15. The fourth-order valence-corrected chi connectivity index (χ4v) is 2.61. The Labute approximate surface area is 138 Å². The van der Waals surface area contributed by atoms with E-state index in [0.717, 1.165) is 0 Å². The van der Waals surface area contributed by atoms with Crippen molar-refractivity contribution >= 4 is 17.9 Å². The van der Waals surface area contributed by atoms with Crippen LogP contribution in [0.25, 0.3) is 11.3 Å². The van der Waals surface area contributed by atoms with Gasteiger partial charge in [-0.1, -0.05) is 14.9 Å². The van der Waals surface area contributed by atoms with Gasteiger partial charge in [0.2, 0.25) is 5.69 Å². The fourth-order valence-electron chi connectivity index (χ4n) is 2.61. The first-order valence-electron chi connectivity index (χ1n) is 7.60. The molecule has 1 N–H and O–H groups in total. The summed E-state index contributed by atoms with van der Waals surface area (Å²) in [5.41, 5.74) is 1.61. The first kappa shape index (κ1) is 16.1. The van der Waals surface area contributed by atoms with E-state index in [1.54, 1.807) is 37.5 Å². The summed E-state index contributed by atoms with van der Waals surface area (Å²) in [6.45, 7) is 5.47. The zero-order chi connectivity index (χ0) is 17.3. The van der Waals surface area contributed by atoms with Gasteiger partial charge in [-0.05, 0) is 38.1 Å². The van der Waals surface area contributed by atoms with Crippen molar-refractivity contribution in [3.05, 3.63) is 48.1 Å². The van der Waals surface area contributed by atoms with E-state index in [4.69, 9.17) is 4.52 Å². The average molecular weight is 329 g/mol. The minimum absolute atomic E-state index is 0.0499. The zero-order valence-corrected chi connectivity index (χ0v) is 13.7. The van der Waals surface area contributed by atoms with Crippen molar-refractivity contribution in [2.45, 2.75) is 26.8 Å². The lowest BCUT2D eigenvalue weighted by Crippen LogP contribution is -2.52. The minimum Gasteiger partial charge on any atom is -0.354 e. The highest BCUT2D eigenvalue weighted by molar-refractivity contribution is 5.96. The maximum Gasteiger partial charge on any atom is 0.453 e. The molecule has 2 amide bonds. The molecule has 1 atom stereocenters. The van der Waals surface area contributed by atoms with Crippen molar-refractivity contribution in [1.29, 1.82) is 0 Å². The average Bonchev–Trinajstić information content (AvgIpc) is 3.15. The van der Waals surface area contributed by atoms with Gasteiger partial charge >= 0.3 is 6.03 Å². The van der Waals surface area contributed by atoms with Crippen LogP contribution in [0, 0.1) is 12.7 Å². The van der Waals surface area contributed by atoms with Gasteiger partial charge in [-0.25, -0.2) is 9.18 Å². The molecule has 7 heteroatoms. The smallest absolute Gasteiger partial charge is 0.354 e. The predicted octanol–water partition coefficient (Wildman–Crippen LogP) is 3.73. The van der Waals surface area contributed by atoms with Gasteiger partial charge in [-0.15, -0.1) is 0 Å². The molecular formula is C17H18FN4O2+. The topological polar surface area (TPSA) is 67.5 Å². The van der Waals surface area contributed by atoms with Crippen molar-refractivity contribution in [2.75, 3.05) is 0 Å². The number of hydrogen-bond acceptors (Lipinski definition) is 4. The largest absolute Gasteiger partial charge is 0.453 e. The van der Waals surface area contributed by atoms with Crippen LogP contribution in [-0.4, -0.2) is 23.4 Å². The number of amides is 2. The molecule has 2 heterocycles. The molecule has 0 fully saturated rings. The number of halogens is 1. The highest BCUT2D eigenvalue weighted by atomic mass is 19.1. The van der Waals surface area contributed by atoms with E-state index in [1.807, 2.05) is 13.8 Å². The number of carbonyl (C=O) groups is 1. The van der Waals surface area contributed by atoms with Crippen molar-refractivity contribution < 1.29 is 13.7 Å². The first-order valence-corrected chi connectivity index (χ1v) is 7.60. The highest BCUT2D eigenvalue weighted by Gasteiger charge is 2.46. The van der Waals surface area contributed by atoms with Gasteiger partial charge in [0.15, 0.2) is 11.5 Å². The molecule has 1 aromatic heterocycles. The van der Waals surface area contributed by atoms with Crippen LogP contribution in [-0.2, 0) is 0 Å². The third kappa shape index (κ3) is 2.63. The van der Waals surface area contributed by atoms with Crippen LogP contribution in [0.3, 0.4) is 0 Å². The van der Waals surface area contributed by atoms with E-state index in [0.29, 0.717) is 22.7 Å². The van der Waals surface area contributed by atoms with E-state index < -0.39 is 4.59 Å². The summed E-state index contributed by atoms with van der Waals surface area (Å²) in [5, 5.41) is 11.3. The van der Waals surface area contributed by atoms with E-state index in [9.17, 15) is 9.18 Å². The third-order valence-corrected chi connectivity index (χ3v) is 3.65. The second kappa shape index (κ2) is 6.01. The van der Waals surface area contributed by atoms with E-state index >= 15 is 0 Å². The van der Waals surface area contributed by atoms with Gasteiger partial charge in [-0.3, -0.25) is 0 Å². The number of allylic oxidation sites excluding steroid dienone is 1. The molecule has 2 aromatic rings. The maximum absolute atomic E-state index is 13.2. The number of aromatic nitrogens is 1. The first-order chi connectivity index (χ1) is 11.4. The summed E-state index contributed by atoms with van der Waals surface area (Å²) in [6.07, 6.45) is 4.91. The molecule has 3 rings (SSSR count). The summed E-state index contributed by atoms with van der Waals surface area (Å²) >= 11 is 0. The molecule has 0 saturated heterocycles. The summed E-state index contributed by atoms with van der Waals surface area (Å²) in [7, 11) is 0. The quantitative estimate of drug-likeness (QED) is 0.873. The molecular weight excluding hydrogens is 311 g/mol. The SMILES string of the molecule is Cc1onc(-c2ccc(F)cc2)c1[N+]1(C(=O)NC(C)C)C=CC=N1. The van der Waals surface area contributed by atoms with Crippen LogP contribution >= 0.6 is 0 Å². The Hall–Kier alpha value is -2.80. The monoisotopic (exact) mass is 329 g/mol. The zero-order valence-electron chi connectivity index (χ0n) is 13.7. The minimum atomic E-state index is -0.416. The van der Waals surface area contributed by atoms with Crippen molar-refractivity contribution in [1.82, 2.24) is 15.1 Å². The van der Waals surface area contributed by atoms with Gasteiger partial charge in [0, 0.05) is 24.6 Å². The van der Waals surface area contributed by atoms with Crippen LogP contribution in [0.2, 0.25) is 0 Å².